The second-order valence-corrected chi connectivity index (χ2v) is 2.53. The number of hydrogen-bond acceptors (Lipinski definition) is 3. The second-order valence-electron chi connectivity index (χ2n) is 2.53. The van der Waals surface area contributed by atoms with Gasteiger partial charge < -0.3 is 5.32 Å². The van der Waals surface area contributed by atoms with Gasteiger partial charge >= 0.3 is 0 Å². The summed E-state index contributed by atoms with van der Waals surface area (Å²) >= 11 is 0. The first-order valence-electron chi connectivity index (χ1n) is 3.86. The first-order valence-corrected chi connectivity index (χ1v) is 3.86. The van der Waals surface area contributed by atoms with Gasteiger partial charge in [0, 0.05) is 18.4 Å². The van der Waals surface area contributed by atoms with Crippen molar-refractivity contribution in [1.29, 1.82) is 0 Å². The molecule has 0 aliphatic heterocycles. The van der Waals surface area contributed by atoms with Crippen molar-refractivity contribution < 1.29 is 0 Å². The highest BCUT2D eigenvalue weighted by atomic mass is 15.1. The average Bonchev–Trinajstić information content (AvgIpc) is 2.06. The van der Waals surface area contributed by atoms with Crippen LogP contribution in [0.25, 0.3) is 0 Å². The Balaban J connectivity index is 2.51. The van der Waals surface area contributed by atoms with Crippen LogP contribution >= 0.6 is 0 Å². The van der Waals surface area contributed by atoms with Gasteiger partial charge in [-0.25, -0.2) is 9.97 Å². The molecule has 3 heteroatoms. The summed E-state index contributed by atoms with van der Waals surface area (Å²) in [5, 5.41) is 3.17. The number of aromatic nitrogens is 2. The van der Waals surface area contributed by atoms with Crippen molar-refractivity contribution in [2.75, 3.05) is 5.32 Å². The Morgan fingerprint density at radius 3 is 2.64 bits per heavy atom. The molecule has 0 radical (unpaired) electrons. The number of nitrogens with one attached hydrogen (secondary N) is 1. The zero-order chi connectivity index (χ0) is 8.10. The van der Waals surface area contributed by atoms with Gasteiger partial charge in [0.25, 0.3) is 0 Å². The molecular formula is C8H13N3. The maximum Gasteiger partial charge on any atom is 0.222 e. The zero-order valence-corrected chi connectivity index (χ0v) is 6.91. The Morgan fingerprint density at radius 1 is 1.45 bits per heavy atom. The van der Waals surface area contributed by atoms with E-state index in [1.54, 1.807) is 12.4 Å². The summed E-state index contributed by atoms with van der Waals surface area (Å²) < 4.78 is 0. The topological polar surface area (TPSA) is 37.8 Å². The third kappa shape index (κ3) is 2.53. The van der Waals surface area contributed by atoms with Crippen LogP contribution in [0.4, 0.5) is 5.95 Å². The Kier molecular flexibility index (Phi) is 2.83. The van der Waals surface area contributed by atoms with E-state index in [0.29, 0.717) is 12.0 Å². The number of hydrogen-bond donors (Lipinski definition) is 1. The van der Waals surface area contributed by atoms with E-state index < -0.39 is 0 Å². The predicted molar refractivity (Wildman–Crippen MR) is 45.4 cm³/mol. The highest BCUT2D eigenvalue weighted by Gasteiger charge is 1.98. The second kappa shape index (κ2) is 3.91. The van der Waals surface area contributed by atoms with Gasteiger partial charge in [0.2, 0.25) is 5.95 Å². The number of nitrogens with zero attached hydrogens (tertiary/aromatic N) is 2. The summed E-state index contributed by atoms with van der Waals surface area (Å²) in [6.07, 6.45) is 4.55. The molecule has 11 heavy (non-hydrogen) atoms. The molecule has 0 aliphatic carbocycles. The van der Waals surface area contributed by atoms with E-state index in [2.05, 4.69) is 29.1 Å². The average molecular weight is 151 g/mol. The molecule has 0 saturated heterocycles. The molecule has 60 valence electrons. The van der Waals surface area contributed by atoms with Gasteiger partial charge in [-0.05, 0) is 19.4 Å². The van der Waals surface area contributed by atoms with Crippen molar-refractivity contribution >= 4 is 5.95 Å². The third-order valence-corrected chi connectivity index (χ3v) is 1.55. The monoisotopic (exact) mass is 151 g/mol. The first kappa shape index (κ1) is 7.98. The molecule has 1 rings (SSSR count). The lowest BCUT2D eigenvalue weighted by molar-refractivity contribution is 0.752. The third-order valence-electron chi connectivity index (χ3n) is 1.55. The van der Waals surface area contributed by atoms with Gasteiger partial charge in [-0.2, -0.15) is 0 Å². The van der Waals surface area contributed by atoms with Gasteiger partial charge in [0.1, 0.15) is 0 Å². The van der Waals surface area contributed by atoms with E-state index in [-0.39, 0.29) is 0 Å². The largest absolute Gasteiger partial charge is 0.352 e. The Hall–Kier alpha value is -1.12. The van der Waals surface area contributed by atoms with E-state index in [1.165, 1.54) is 0 Å². The van der Waals surface area contributed by atoms with E-state index in [1.807, 2.05) is 6.07 Å². The minimum Gasteiger partial charge on any atom is -0.352 e. The SMILES string of the molecule is CCC(C)Nc1ncccn1. The number of rotatable bonds is 3. The maximum absolute atomic E-state index is 4.04. The smallest absolute Gasteiger partial charge is 0.222 e. The lowest BCUT2D eigenvalue weighted by Crippen LogP contribution is -2.15. The molecule has 1 aromatic heterocycles. The maximum atomic E-state index is 4.04. The molecule has 0 fully saturated rings. The normalized spacial score (nSPS) is 12.5. The van der Waals surface area contributed by atoms with E-state index in [0.717, 1.165) is 6.42 Å². The highest BCUT2D eigenvalue weighted by Crippen LogP contribution is 1.99. The molecule has 0 aromatic carbocycles. The van der Waals surface area contributed by atoms with Gasteiger partial charge in [0.05, 0.1) is 0 Å². The van der Waals surface area contributed by atoms with Crippen LogP contribution in [0, 0.1) is 0 Å². The lowest BCUT2D eigenvalue weighted by Gasteiger charge is -2.09. The Labute approximate surface area is 66.9 Å². The van der Waals surface area contributed by atoms with Gasteiger partial charge in [-0.1, -0.05) is 6.92 Å². The molecule has 1 unspecified atom stereocenters. The van der Waals surface area contributed by atoms with Crippen LogP contribution in [0.1, 0.15) is 20.3 Å². The van der Waals surface area contributed by atoms with Crippen molar-refractivity contribution in [3.63, 3.8) is 0 Å². The van der Waals surface area contributed by atoms with Crippen LogP contribution in [0.15, 0.2) is 18.5 Å². The molecule has 0 bridgehead atoms. The minimum absolute atomic E-state index is 0.442. The van der Waals surface area contributed by atoms with Crippen LogP contribution in [0.5, 0.6) is 0 Å². The molecule has 3 nitrogen and oxygen atoms in total. The van der Waals surface area contributed by atoms with Gasteiger partial charge in [-0.3, -0.25) is 0 Å². The molecule has 0 saturated carbocycles. The molecule has 1 N–H and O–H groups in total. The summed E-state index contributed by atoms with van der Waals surface area (Å²) in [7, 11) is 0. The van der Waals surface area contributed by atoms with Crippen molar-refractivity contribution in [1.82, 2.24) is 9.97 Å². The van der Waals surface area contributed by atoms with Crippen LogP contribution in [-0.4, -0.2) is 16.0 Å². The molecule has 1 aromatic rings. The summed E-state index contributed by atoms with van der Waals surface area (Å²) in [4.78, 5) is 8.09. The summed E-state index contributed by atoms with van der Waals surface area (Å²) in [6, 6.07) is 2.25. The molecule has 0 amide bonds. The van der Waals surface area contributed by atoms with Crippen LogP contribution in [0.2, 0.25) is 0 Å². The zero-order valence-electron chi connectivity index (χ0n) is 6.91. The van der Waals surface area contributed by atoms with E-state index >= 15 is 0 Å². The van der Waals surface area contributed by atoms with Crippen LogP contribution in [0.3, 0.4) is 0 Å². The van der Waals surface area contributed by atoms with Crippen molar-refractivity contribution in [3.05, 3.63) is 18.5 Å². The quantitative estimate of drug-likeness (QED) is 0.714. The fourth-order valence-electron chi connectivity index (χ4n) is 0.696. The standard InChI is InChI=1S/C8H13N3/c1-3-7(2)11-8-9-5-4-6-10-8/h4-7H,3H2,1-2H3,(H,9,10,11). The molecule has 1 heterocycles. The summed E-state index contributed by atoms with van der Waals surface area (Å²) in [5.74, 6) is 0.710. The van der Waals surface area contributed by atoms with Crippen molar-refractivity contribution in [2.45, 2.75) is 26.3 Å². The van der Waals surface area contributed by atoms with Gasteiger partial charge in [-0.15, -0.1) is 0 Å². The van der Waals surface area contributed by atoms with E-state index in [9.17, 15) is 0 Å². The van der Waals surface area contributed by atoms with Gasteiger partial charge in [0.15, 0.2) is 0 Å². The van der Waals surface area contributed by atoms with E-state index in [4.69, 9.17) is 0 Å². The fraction of sp³-hybridized carbons (Fsp3) is 0.500. The molecule has 0 aliphatic rings. The lowest BCUT2D eigenvalue weighted by atomic mass is 10.3. The number of anilines is 1. The summed E-state index contributed by atoms with van der Waals surface area (Å²) in [5.41, 5.74) is 0. The fourth-order valence-corrected chi connectivity index (χ4v) is 0.696. The summed E-state index contributed by atoms with van der Waals surface area (Å²) in [6.45, 7) is 4.23. The first-order chi connectivity index (χ1) is 5.33. The van der Waals surface area contributed by atoms with Crippen LogP contribution < -0.4 is 5.32 Å². The highest BCUT2D eigenvalue weighted by molar-refractivity contribution is 5.23. The minimum atomic E-state index is 0.442. The predicted octanol–water partition coefficient (Wildman–Crippen LogP) is 1.69. The molecule has 0 spiro atoms. The van der Waals surface area contributed by atoms with Crippen molar-refractivity contribution in [2.24, 2.45) is 0 Å². The Bertz CT molecular complexity index is 198. The molecule has 1 atom stereocenters. The Morgan fingerprint density at radius 2 is 2.09 bits per heavy atom. The molecular weight excluding hydrogens is 138 g/mol. The van der Waals surface area contributed by atoms with Crippen molar-refractivity contribution in [3.8, 4) is 0 Å². The van der Waals surface area contributed by atoms with Crippen LogP contribution in [-0.2, 0) is 0 Å².